The summed E-state index contributed by atoms with van der Waals surface area (Å²) in [5.74, 6) is 0.0899. The Kier molecular flexibility index (Phi) is 6.71. The number of benzene rings is 2. The number of nitrogens with zero attached hydrogens (tertiary/aromatic N) is 5. The second-order valence-electron chi connectivity index (χ2n) is 7.97. The van der Waals surface area contributed by atoms with Crippen molar-refractivity contribution in [1.82, 2.24) is 25.1 Å². The van der Waals surface area contributed by atoms with Gasteiger partial charge in [0.15, 0.2) is 17.3 Å². The van der Waals surface area contributed by atoms with Crippen molar-refractivity contribution >= 4 is 17.5 Å². The van der Waals surface area contributed by atoms with Gasteiger partial charge in [-0.05, 0) is 59.7 Å². The first-order valence-electron chi connectivity index (χ1n) is 10.7. The number of carbonyl (C=O) groups is 2. The Morgan fingerprint density at radius 1 is 1.18 bits per heavy atom. The van der Waals surface area contributed by atoms with Gasteiger partial charge in [-0.3, -0.25) is 9.59 Å². The Morgan fingerprint density at radius 2 is 1.97 bits per heavy atom. The molecule has 1 unspecified atom stereocenters. The molecule has 178 valence electrons. The summed E-state index contributed by atoms with van der Waals surface area (Å²) in [5.41, 5.74) is 1.50. The molecule has 3 aromatic rings. The summed E-state index contributed by atoms with van der Waals surface area (Å²) >= 11 is 0. The van der Waals surface area contributed by atoms with E-state index in [-0.39, 0.29) is 24.6 Å². The molecule has 4 rings (SSSR count). The van der Waals surface area contributed by atoms with E-state index in [0.717, 1.165) is 5.56 Å². The minimum Gasteiger partial charge on any atom is -0.493 e. The lowest BCUT2D eigenvalue weighted by molar-refractivity contribution is -0.128. The maximum absolute atomic E-state index is 14.4. The number of carbonyl (C=O) groups excluding carboxylic acids is 2. The van der Waals surface area contributed by atoms with E-state index < -0.39 is 17.6 Å². The standard InChI is InChI=1S/C23H25FN6O4/c1-14-26-27-28-30(14)17-5-6-18(24)19(12-17)25-23(32)16-11-22(31)29(13-16)9-8-15-4-7-20(33-2)21(10-15)34-3/h4-7,10,12,16H,8-9,11,13H2,1-3H3,(H,25,32). The third-order valence-corrected chi connectivity index (χ3v) is 5.78. The normalized spacial score (nSPS) is 15.5. The highest BCUT2D eigenvalue weighted by Crippen LogP contribution is 2.28. The van der Waals surface area contributed by atoms with Crippen LogP contribution in [0.25, 0.3) is 5.69 Å². The molecule has 34 heavy (non-hydrogen) atoms. The number of aromatic nitrogens is 4. The van der Waals surface area contributed by atoms with Gasteiger partial charge in [0.1, 0.15) is 5.82 Å². The maximum Gasteiger partial charge on any atom is 0.229 e. The number of ether oxygens (including phenoxy) is 2. The molecule has 1 fully saturated rings. The van der Waals surface area contributed by atoms with Crippen molar-refractivity contribution in [3.63, 3.8) is 0 Å². The highest BCUT2D eigenvalue weighted by atomic mass is 19.1. The summed E-state index contributed by atoms with van der Waals surface area (Å²) in [6, 6.07) is 9.81. The lowest BCUT2D eigenvalue weighted by atomic mass is 10.1. The number of amides is 2. The van der Waals surface area contributed by atoms with Gasteiger partial charge in [-0.2, -0.15) is 4.68 Å². The second-order valence-corrected chi connectivity index (χ2v) is 7.97. The number of nitrogens with one attached hydrogen (secondary N) is 1. The molecule has 0 bridgehead atoms. The molecule has 1 N–H and O–H groups in total. The van der Waals surface area contributed by atoms with Crippen molar-refractivity contribution in [3.8, 4) is 17.2 Å². The number of rotatable bonds is 8. The molecule has 0 spiro atoms. The second kappa shape index (κ2) is 9.86. The number of hydrogen-bond donors (Lipinski definition) is 1. The Morgan fingerprint density at radius 3 is 2.68 bits per heavy atom. The van der Waals surface area contributed by atoms with Crippen LogP contribution in [0.2, 0.25) is 0 Å². The molecule has 1 atom stereocenters. The molecule has 11 heteroatoms. The quantitative estimate of drug-likeness (QED) is 0.539. The van der Waals surface area contributed by atoms with E-state index in [0.29, 0.717) is 36.0 Å². The van der Waals surface area contributed by atoms with Crippen molar-refractivity contribution in [1.29, 1.82) is 0 Å². The topological polar surface area (TPSA) is 111 Å². The summed E-state index contributed by atoms with van der Waals surface area (Å²) in [4.78, 5) is 27.0. The van der Waals surface area contributed by atoms with E-state index in [9.17, 15) is 14.0 Å². The molecule has 1 aliphatic rings. The van der Waals surface area contributed by atoms with Gasteiger partial charge in [0.05, 0.1) is 31.5 Å². The van der Waals surface area contributed by atoms with Gasteiger partial charge in [-0.25, -0.2) is 4.39 Å². The van der Waals surface area contributed by atoms with Crippen molar-refractivity contribution in [2.24, 2.45) is 5.92 Å². The fourth-order valence-electron chi connectivity index (χ4n) is 3.91. The number of aryl methyl sites for hydroxylation is 1. The summed E-state index contributed by atoms with van der Waals surface area (Å²) < 4.78 is 26.4. The molecule has 0 radical (unpaired) electrons. The van der Waals surface area contributed by atoms with Crippen molar-refractivity contribution in [2.75, 3.05) is 32.6 Å². The van der Waals surface area contributed by atoms with Crippen molar-refractivity contribution in [2.45, 2.75) is 19.8 Å². The molecule has 1 aliphatic heterocycles. The first-order chi connectivity index (χ1) is 16.4. The predicted octanol–water partition coefficient (Wildman–Crippen LogP) is 2.16. The van der Waals surface area contributed by atoms with Crippen LogP contribution in [0.15, 0.2) is 36.4 Å². The molecule has 2 heterocycles. The van der Waals surface area contributed by atoms with Crippen LogP contribution < -0.4 is 14.8 Å². The van der Waals surface area contributed by atoms with Crippen molar-refractivity contribution < 1.29 is 23.5 Å². The molecule has 2 aromatic carbocycles. The summed E-state index contributed by atoms with van der Waals surface area (Å²) in [5, 5.41) is 13.8. The van der Waals surface area contributed by atoms with Gasteiger partial charge < -0.3 is 19.7 Å². The van der Waals surface area contributed by atoms with Crippen molar-refractivity contribution in [3.05, 3.63) is 53.6 Å². The monoisotopic (exact) mass is 468 g/mol. The zero-order chi connectivity index (χ0) is 24.2. The molecule has 0 saturated carbocycles. The van der Waals surface area contributed by atoms with E-state index in [2.05, 4.69) is 20.8 Å². The highest BCUT2D eigenvalue weighted by molar-refractivity contribution is 5.97. The molecule has 0 aliphatic carbocycles. The lowest BCUT2D eigenvalue weighted by Gasteiger charge is -2.17. The number of anilines is 1. The Balaban J connectivity index is 1.38. The van der Waals surface area contributed by atoms with Crippen LogP contribution in [-0.4, -0.2) is 64.2 Å². The summed E-state index contributed by atoms with van der Waals surface area (Å²) in [7, 11) is 3.14. The number of hydrogen-bond acceptors (Lipinski definition) is 7. The third kappa shape index (κ3) is 4.82. The SMILES string of the molecule is COc1ccc(CCN2CC(C(=O)Nc3cc(-n4nnnc4C)ccc3F)CC2=O)cc1OC. The average Bonchev–Trinajstić information content (AvgIpc) is 3.44. The van der Waals surface area contributed by atoms with Crippen LogP contribution in [0.3, 0.4) is 0 Å². The van der Waals surface area contributed by atoms with Gasteiger partial charge in [0.2, 0.25) is 11.8 Å². The van der Waals surface area contributed by atoms with E-state index in [1.54, 1.807) is 26.0 Å². The number of methoxy groups -OCH3 is 2. The van der Waals surface area contributed by atoms with E-state index in [4.69, 9.17) is 9.47 Å². The fraction of sp³-hybridized carbons (Fsp3) is 0.348. The molecule has 10 nitrogen and oxygen atoms in total. The lowest BCUT2D eigenvalue weighted by Crippen LogP contribution is -2.30. The van der Waals surface area contributed by atoms with E-state index in [1.807, 2.05) is 18.2 Å². The Bertz CT molecular complexity index is 1210. The van der Waals surface area contributed by atoms with Gasteiger partial charge in [0.25, 0.3) is 0 Å². The van der Waals surface area contributed by atoms with Gasteiger partial charge in [-0.1, -0.05) is 6.07 Å². The minimum atomic E-state index is -0.586. The smallest absolute Gasteiger partial charge is 0.229 e. The van der Waals surface area contributed by atoms with Gasteiger partial charge in [-0.15, -0.1) is 5.10 Å². The van der Waals surface area contributed by atoms with Crippen LogP contribution in [-0.2, 0) is 16.0 Å². The highest BCUT2D eigenvalue weighted by Gasteiger charge is 2.34. The summed E-state index contributed by atoms with van der Waals surface area (Å²) in [6.07, 6.45) is 0.674. The van der Waals surface area contributed by atoms with Crippen LogP contribution in [0, 0.1) is 18.7 Å². The molecule has 1 aromatic heterocycles. The van der Waals surface area contributed by atoms with E-state index >= 15 is 0 Å². The zero-order valence-corrected chi connectivity index (χ0v) is 19.1. The average molecular weight is 468 g/mol. The molecular formula is C23H25FN6O4. The maximum atomic E-state index is 14.4. The van der Waals surface area contributed by atoms with Gasteiger partial charge >= 0.3 is 0 Å². The first-order valence-corrected chi connectivity index (χ1v) is 10.7. The Labute approximate surface area is 195 Å². The third-order valence-electron chi connectivity index (χ3n) is 5.78. The van der Waals surface area contributed by atoms with Gasteiger partial charge in [0, 0.05) is 19.5 Å². The Hall–Kier alpha value is -4.02. The number of likely N-dealkylation sites (tertiary alicyclic amines) is 1. The molecule has 1 saturated heterocycles. The van der Waals surface area contributed by atoms with Crippen LogP contribution >= 0.6 is 0 Å². The summed E-state index contributed by atoms with van der Waals surface area (Å²) in [6.45, 7) is 2.44. The van der Waals surface area contributed by atoms with E-state index in [1.165, 1.54) is 22.9 Å². The zero-order valence-electron chi connectivity index (χ0n) is 19.1. The number of tetrazole rings is 1. The largest absolute Gasteiger partial charge is 0.493 e. The molecular weight excluding hydrogens is 443 g/mol. The number of halogens is 1. The molecule has 2 amide bonds. The fourth-order valence-corrected chi connectivity index (χ4v) is 3.91. The van der Waals surface area contributed by atoms with Crippen LogP contribution in [0.1, 0.15) is 17.8 Å². The van der Waals surface area contributed by atoms with Crippen LogP contribution in [0.5, 0.6) is 11.5 Å². The predicted molar refractivity (Wildman–Crippen MR) is 120 cm³/mol. The first kappa shape index (κ1) is 23.1. The minimum absolute atomic E-state index is 0.00799. The van der Waals surface area contributed by atoms with Crippen LogP contribution in [0.4, 0.5) is 10.1 Å².